The number of nitrogens with zero attached hydrogens (tertiary/aromatic N) is 2. The molecule has 0 radical (unpaired) electrons. The minimum absolute atomic E-state index is 0.0169. The van der Waals surface area contributed by atoms with E-state index in [4.69, 9.17) is 0 Å². The molecule has 0 spiro atoms. The summed E-state index contributed by atoms with van der Waals surface area (Å²) < 4.78 is 13.0. The van der Waals surface area contributed by atoms with Crippen LogP contribution in [0.15, 0.2) is 42.5 Å². The third-order valence-corrected chi connectivity index (χ3v) is 5.97. The average molecular weight is 381 g/mol. The number of hydrogen-bond donors (Lipinski definition) is 1. The Morgan fingerprint density at radius 2 is 1.86 bits per heavy atom. The number of hydrogen-bond acceptors (Lipinski definition) is 3. The lowest BCUT2D eigenvalue weighted by Crippen LogP contribution is -2.37. The average Bonchev–Trinajstić information content (AvgIpc) is 3.34. The highest BCUT2D eigenvalue weighted by molar-refractivity contribution is 5.78. The van der Waals surface area contributed by atoms with E-state index in [0.29, 0.717) is 6.54 Å². The van der Waals surface area contributed by atoms with Crippen LogP contribution in [0.5, 0.6) is 0 Å². The Bertz CT molecular complexity index is 830. The van der Waals surface area contributed by atoms with E-state index in [-0.39, 0.29) is 24.2 Å². The molecule has 5 heteroatoms. The second kappa shape index (κ2) is 8.31. The molecule has 0 aromatic heterocycles. The highest BCUT2D eigenvalue weighted by atomic mass is 19.1. The number of rotatable bonds is 6. The molecule has 1 amide bonds. The van der Waals surface area contributed by atoms with Crippen LogP contribution in [-0.4, -0.2) is 44.0 Å². The normalized spacial score (nSPS) is 17.6. The quantitative estimate of drug-likeness (QED) is 0.834. The van der Waals surface area contributed by atoms with Crippen LogP contribution in [-0.2, 0) is 17.6 Å². The van der Waals surface area contributed by atoms with Gasteiger partial charge in [-0.3, -0.25) is 9.69 Å². The largest absolute Gasteiger partial charge is 0.374 e. The summed E-state index contributed by atoms with van der Waals surface area (Å²) in [6.07, 6.45) is 3.80. The van der Waals surface area contributed by atoms with Gasteiger partial charge in [0, 0.05) is 25.8 Å². The predicted octanol–water partition coefficient (Wildman–Crippen LogP) is 3.31. The van der Waals surface area contributed by atoms with E-state index < -0.39 is 0 Å². The summed E-state index contributed by atoms with van der Waals surface area (Å²) in [5.41, 5.74) is 4.85. The molecule has 1 saturated heterocycles. The Morgan fingerprint density at radius 1 is 1.11 bits per heavy atom. The van der Waals surface area contributed by atoms with Crippen molar-refractivity contribution in [3.63, 3.8) is 0 Å². The fourth-order valence-electron chi connectivity index (χ4n) is 4.37. The minimum atomic E-state index is -0.277. The molecule has 2 aliphatic rings. The second-order valence-corrected chi connectivity index (χ2v) is 7.93. The number of likely N-dealkylation sites (N-methyl/N-ethyl adjacent to an activating group) is 1. The van der Waals surface area contributed by atoms with E-state index in [1.165, 1.54) is 41.8 Å². The number of likely N-dealkylation sites (tertiary alicyclic amines) is 1. The molecule has 1 fully saturated rings. The fraction of sp³-hybridized carbons (Fsp3) is 0.435. The van der Waals surface area contributed by atoms with E-state index >= 15 is 0 Å². The highest BCUT2D eigenvalue weighted by Gasteiger charge is 2.26. The van der Waals surface area contributed by atoms with Gasteiger partial charge in [0.25, 0.3) is 0 Å². The van der Waals surface area contributed by atoms with Gasteiger partial charge in [-0.25, -0.2) is 4.39 Å². The molecule has 0 bridgehead atoms. The summed E-state index contributed by atoms with van der Waals surface area (Å²) in [4.78, 5) is 17.2. The van der Waals surface area contributed by atoms with Crippen molar-refractivity contribution in [3.8, 4) is 0 Å². The zero-order valence-electron chi connectivity index (χ0n) is 16.5. The van der Waals surface area contributed by atoms with Crippen molar-refractivity contribution in [1.82, 2.24) is 10.2 Å². The van der Waals surface area contributed by atoms with E-state index in [0.717, 1.165) is 31.6 Å². The Balaban J connectivity index is 1.45. The number of halogens is 1. The van der Waals surface area contributed by atoms with Crippen LogP contribution in [0.1, 0.15) is 35.6 Å². The van der Waals surface area contributed by atoms with Gasteiger partial charge in [-0.15, -0.1) is 0 Å². The SMILES string of the molecule is CN1CCc2cc(C(CNC(=O)Cc3ccc(F)cc3)N3CCCC3)ccc21. The first kappa shape index (κ1) is 18.9. The third kappa shape index (κ3) is 4.20. The van der Waals surface area contributed by atoms with Crippen molar-refractivity contribution < 1.29 is 9.18 Å². The molecule has 2 heterocycles. The number of anilines is 1. The molecular weight excluding hydrogens is 353 g/mol. The molecule has 2 aromatic carbocycles. The molecule has 1 atom stereocenters. The predicted molar refractivity (Wildman–Crippen MR) is 110 cm³/mol. The van der Waals surface area contributed by atoms with Crippen LogP contribution in [0.2, 0.25) is 0 Å². The van der Waals surface area contributed by atoms with Crippen LogP contribution >= 0.6 is 0 Å². The van der Waals surface area contributed by atoms with Gasteiger partial charge in [-0.05, 0) is 67.2 Å². The molecule has 2 aromatic rings. The Morgan fingerprint density at radius 3 is 2.61 bits per heavy atom. The summed E-state index contributed by atoms with van der Waals surface area (Å²) in [6.45, 7) is 3.83. The van der Waals surface area contributed by atoms with Gasteiger partial charge in [-0.2, -0.15) is 0 Å². The van der Waals surface area contributed by atoms with E-state index in [1.54, 1.807) is 12.1 Å². The molecule has 4 nitrogen and oxygen atoms in total. The second-order valence-electron chi connectivity index (χ2n) is 7.93. The summed E-state index contributed by atoms with van der Waals surface area (Å²) >= 11 is 0. The molecule has 148 valence electrons. The molecule has 4 rings (SSSR count). The minimum Gasteiger partial charge on any atom is -0.374 e. The fourth-order valence-corrected chi connectivity index (χ4v) is 4.37. The molecule has 28 heavy (non-hydrogen) atoms. The zero-order valence-corrected chi connectivity index (χ0v) is 16.5. The first-order valence-electron chi connectivity index (χ1n) is 10.2. The molecular formula is C23H28FN3O. The summed E-state index contributed by atoms with van der Waals surface area (Å²) in [5.74, 6) is -0.294. The monoisotopic (exact) mass is 381 g/mol. The smallest absolute Gasteiger partial charge is 0.224 e. The summed E-state index contributed by atoms with van der Waals surface area (Å²) in [6, 6.07) is 13.1. The molecule has 1 unspecified atom stereocenters. The van der Waals surface area contributed by atoms with E-state index in [2.05, 4.69) is 40.4 Å². The van der Waals surface area contributed by atoms with E-state index in [1.807, 2.05) is 0 Å². The van der Waals surface area contributed by atoms with Gasteiger partial charge in [0.05, 0.1) is 12.5 Å². The molecule has 0 saturated carbocycles. The number of carbonyl (C=O) groups excluding carboxylic acids is 1. The van der Waals surface area contributed by atoms with Crippen molar-refractivity contribution in [2.75, 3.05) is 38.1 Å². The summed E-state index contributed by atoms with van der Waals surface area (Å²) in [5, 5.41) is 3.11. The lowest BCUT2D eigenvalue weighted by molar-refractivity contribution is -0.120. The lowest BCUT2D eigenvalue weighted by atomic mass is 10.0. The maximum absolute atomic E-state index is 13.0. The van der Waals surface area contributed by atoms with Crippen LogP contribution < -0.4 is 10.2 Å². The molecule has 2 aliphatic heterocycles. The number of amides is 1. The number of carbonyl (C=O) groups is 1. The Labute approximate surface area is 166 Å². The van der Waals surface area contributed by atoms with Crippen LogP contribution in [0.3, 0.4) is 0 Å². The van der Waals surface area contributed by atoms with Crippen molar-refractivity contribution in [2.24, 2.45) is 0 Å². The van der Waals surface area contributed by atoms with Crippen molar-refractivity contribution >= 4 is 11.6 Å². The van der Waals surface area contributed by atoms with Crippen LogP contribution in [0.25, 0.3) is 0 Å². The number of benzene rings is 2. The topological polar surface area (TPSA) is 35.6 Å². The Kier molecular flexibility index (Phi) is 5.62. The maximum Gasteiger partial charge on any atom is 0.224 e. The van der Waals surface area contributed by atoms with Gasteiger partial charge in [0.1, 0.15) is 5.82 Å². The van der Waals surface area contributed by atoms with Gasteiger partial charge in [0.2, 0.25) is 5.91 Å². The molecule has 1 N–H and O–H groups in total. The zero-order chi connectivity index (χ0) is 19.5. The van der Waals surface area contributed by atoms with Crippen molar-refractivity contribution in [1.29, 1.82) is 0 Å². The van der Waals surface area contributed by atoms with Gasteiger partial charge in [0.15, 0.2) is 0 Å². The summed E-state index contributed by atoms with van der Waals surface area (Å²) in [7, 11) is 2.14. The van der Waals surface area contributed by atoms with Gasteiger partial charge >= 0.3 is 0 Å². The number of nitrogens with one attached hydrogen (secondary N) is 1. The van der Waals surface area contributed by atoms with E-state index in [9.17, 15) is 9.18 Å². The first-order chi connectivity index (χ1) is 13.6. The lowest BCUT2D eigenvalue weighted by Gasteiger charge is -2.29. The molecule has 0 aliphatic carbocycles. The Hall–Kier alpha value is -2.40. The first-order valence-corrected chi connectivity index (χ1v) is 10.2. The van der Waals surface area contributed by atoms with Gasteiger partial charge in [-0.1, -0.05) is 24.3 Å². The van der Waals surface area contributed by atoms with Crippen molar-refractivity contribution in [2.45, 2.75) is 31.7 Å². The number of fused-ring (bicyclic) bond motifs is 1. The maximum atomic E-state index is 13.0. The van der Waals surface area contributed by atoms with Crippen LogP contribution in [0, 0.1) is 5.82 Å². The highest BCUT2D eigenvalue weighted by Crippen LogP contribution is 2.32. The standard InChI is InChI=1S/C23H28FN3O/c1-26-13-10-19-15-18(6-9-21(19)26)22(27-11-2-3-12-27)16-25-23(28)14-17-4-7-20(24)8-5-17/h4-9,15,22H,2-3,10-14,16H2,1H3,(H,25,28). The van der Waals surface area contributed by atoms with Crippen LogP contribution in [0.4, 0.5) is 10.1 Å². The van der Waals surface area contributed by atoms with Gasteiger partial charge < -0.3 is 10.2 Å². The van der Waals surface area contributed by atoms with Crippen molar-refractivity contribution in [3.05, 3.63) is 65.0 Å². The third-order valence-electron chi connectivity index (χ3n) is 5.97.